The van der Waals surface area contributed by atoms with Gasteiger partial charge in [-0.25, -0.2) is 19.9 Å². The van der Waals surface area contributed by atoms with Crippen molar-refractivity contribution in [1.82, 2.24) is 19.9 Å². The van der Waals surface area contributed by atoms with Crippen LogP contribution in [0.25, 0.3) is 11.0 Å². The molecule has 2 N–H and O–H groups in total. The third kappa shape index (κ3) is 1.74. The van der Waals surface area contributed by atoms with E-state index in [-0.39, 0.29) is 6.61 Å². The Morgan fingerprint density at radius 1 is 1.21 bits per heavy atom. The van der Waals surface area contributed by atoms with Gasteiger partial charge in [-0.2, -0.15) is 0 Å². The molecule has 0 saturated carbocycles. The van der Waals surface area contributed by atoms with Crippen molar-refractivity contribution in [2.75, 3.05) is 18.5 Å². The van der Waals surface area contributed by atoms with Crippen LogP contribution in [0.15, 0.2) is 18.7 Å². The van der Waals surface area contributed by atoms with Crippen molar-refractivity contribution in [2.45, 2.75) is 0 Å². The Morgan fingerprint density at radius 2 is 2.14 bits per heavy atom. The van der Waals surface area contributed by atoms with Gasteiger partial charge in [0.15, 0.2) is 0 Å². The number of rotatable bonds is 3. The maximum absolute atomic E-state index is 8.60. The van der Waals surface area contributed by atoms with Crippen LogP contribution in [-0.4, -0.2) is 38.2 Å². The highest BCUT2D eigenvalue weighted by molar-refractivity contribution is 5.72. The number of hydrogen-bond acceptors (Lipinski definition) is 6. The van der Waals surface area contributed by atoms with Crippen LogP contribution >= 0.6 is 0 Å². The number of aromatic nitrogens is 4. The van der Waals surface area contributed by atoms with E-state index < -0.39 is 0 Å². The van der Waals surface area contributed by atoms with E-state index >= 15 is 0 Å². The van der Waals surface area contributed by atoms with Gasteiger partial charge in [-0.15, -0.1) is 0 Å². The molecule has 14 heavy (non-hydrogen) atoms. The van der Waals surface area contributed by atoms with E-state index in [9.17, 15) is 0 Å². The highest BCUT2D eigenvalue weighted by Gasteiger charge is 1.98. The van der Waals surface area contributed by atoms with Crippen LogP contribution in [0.2, 0.25) is 0 Å². The smallest absolute Gasteiger partial charge is 0.223 e. The summed E-state index contributed by atoms with van der Waals surface area (Å²) < 4.78 is 0. The summed E-state index contributed by atoms with van der Waals surface area (Å²) in [7, 11) is 0. The van der Waals surface area contributed by atoms with Crippen LogP contribution < -0.4 is 5.32 Å². The molecular weight excluding hydrogens is 182 g/mol. The maximum Gasteiger partial charge on any atom is 0.223 e. The lowest BCUT2D eigenvalue weighted by Gasteiger charge is -2.02. The van der Waals surface area contributed by atoms with Crippen LogP contribution in [0.5, 0.6) is 0 Å². The topological polar surface area (TPSA) is 83.8 Å². The fraction of sp³-hybridized carbons (Fsp3) is 0.250. The van der Waals surface area contributed by atoms with Crippen LogP contribution in [-0.2, 0) is 0 Å². The third-order valence-corrected chi connectivity index (χ3v) is 1.65. The minimum atomic E-state index is 0.0483. The zero-order chi connectivity index (χ0) is 9.80. The number of anilines is 1. The Balaban J connectivity index is 2.32. The van der Waals surface area contributed by atoms with Gasteiger partial charge in [0.25, 0.3) is 0 Å². The van der Waals surface area contributed by atoms with Gasteiger partial charge < -0.3 is 10.4 Å². The molecule has 6 heteroatoms. The van der Waals surface area contributed by atoms with Gasteiger partial charge in [0, 0.05) is 6.54 Å². The second-order valence-corrected chi connectivity index (χ2v) is 2.64. The van der Waals surface area contributed by atoms with Gasteiger partial charge in [0.1, 0.15) is 17.4 Å². The van der Waals surface area contributed by atoms with Crippen molar-refractivity contribution < 1.29 is 5.11 Å². The predicted molar refractivity (Wildman–Crippen MR) is 50.7 cm³/mol. The molecule has 2 heterocycles. The highest BCUT2D eigenvalue weighted by Crippen LogP contribution is 2.06. The van der Waals surface area contributed by atoms with E-state index in [0.717, 1.165) is 0 Å². The molecule has 2 rings (SSSR count). The Hall–Kier alpha value is -1.82. The van der Waals surface area contributed by atoms with Crippen molar-refractivity contribution >= 4 is 17.0 Å². The van der Waals surface area contributed by atoms with Crippen molar-refractivity contribution in [1.29, 1.82) is 0 Å². The van der Waals surface area contributed by atoms with Crippen molar-refractivity contribution in [3.05, 3.63) is 18.7 Å². The molecule has 0 aliphatic carbocycles. The summed E-state index contributed by atoms with van der Waals surface area (Å²) in [5.41, 5.74) is 1.39. The molecule has 0 fully saturated rings. The zero-order valence-corrected chi connectivity index (χ0v) is 7.38. The molecule has 0 aromatic carbocycles. The molecule has 0 spiro atoms. The van der Waals surface area contributed by atoms with Crippen LogP contribution in [0.1, 0.15) is 0 Å². The Kier molecular flexibility index (Phi) is 2.46. The first kappa shape index (κ1) is 8.76. The normalized spacial score (nSPS) is 10.4. The summed E-state index contributed by atoms with van der Waals surface area (Å²) >= 11 is 0. The predicted octanol–water partition coefficient (Wildman–Crippen LogP) is -0.176. The minimum absolute atomic E-state index is 0.0483. The number of nitrogens with zero attached hydrogens (tertiary/aromatic N) is 4. The third-order valence-electron chi connectivity index (χ3n) is 1.65. The molecule has 0 aliphatic rings. The van der Waals surface area contributed by atoms with Gasteiger partial charge in [0.2, 0.25) is 5.95 Å². The summed E-state index contributed by atoms with van der Waals surface area (Å²) in [6.07, 6.45) is 4.68. The maximum atomic E-state index is 8.60. The summed E-state index contributed by atoms with van der Waals surface area (Å²) in [5, 5.41) is 11.5. The summed E-state index contributed by atoms with van der Waals surface area (Å²) in [4.78, 5) is 16.0. The van der Waals surface area contributed by atoms with Gasteiger partial charge in [-0.1, -0.05) is 0 Å². The number of aliphatic hydroxyl groups excluding tert-OH is 1. The number of hydrogen-bond donors (Lipinski definition) is 2. The first-order chi connectivity index (χ1) is 6.90. The molecule has 2 aromatic rings. The lowest BCUT2D eigenvalue weighted by molar-refractivity contribution is 0.311. The van der Waals surface area contributed by atoms with Gasteiger partial charge in [-0.05, 0) is 0 Å². The quantitative estimate of drug-likeness (QED) is 0.700. The Bertz CT molecular complexity index is 433. The molecule has 72 valence electrons. The van der Waals surface area contributed by atoms with E-state index in [1.54, 1.807) is 12.4 Å². The average Bonchev–Trinajstić information content (AvgIpc) is 2.26. The van der Waals surface area contributed by atoms with Crippen LogP contribution in [0.3, 0.4) is 0 Å². The van der Waals surface area contributed by atoms with E-state index in [0.29, 0.717) is 23.5 Å². The molecule has 0 unspecified atom stereocenters. The summed E-state index contributed by atoms with van der Waals surface area (Å²) in [6.45, 7) is 0.478. The van der Waals surface area contributed by atoms with Crippen molar-refractivity contribution in [2.24, 2.45) is 0 Å². The van der Waals surface area contributed by atoms with E-state index in [4.69, 9.17) is 5.11 Å². The average molecular weight is 191 g/mol. The minimum Gasteiger partial charge on any atom is -0.395 e. The monoisotopic (exact) mass is 191 g/mol. The van der Waals surface area contributed by atoms with E-state index in [1.807, 2.05) is 0 Å². The second-order valence-electron chi connectivity index (χ2n) is 2.64. The van der Waals surface area contributed by atoms with E-state index in [2.05, 4.69) is 25.3 Å². The molecule has 0 amide bonds. The number of aliphatic hydroxyl groups is 1. The molecule has 0 bridgehead atoms. The second kappa shape index (κ2) is 3.93. The van der Waals surface area contributed by atoms with Crippen molar-refractivity contribution in [3.8, 4) is 0 Å². The molecule has 2 aromatic heterocycles. The highest BCUT2D eigenvalue weighted by atomic mass is 16.3. The lowest BCUT2D eigenvalue weighted by Crippen LogP contribution is -2.08. The fourth-order valence-corrected chi connectivity index (χ4v) is 1.04. The first-order valence-electron chi connectivity index (χ1n) is 4.17. The summed E-state index contributed by atoms with van der Waals surface area (Å²) in [6, 6.07) is 0. The van der Waals surface area contributed by atoms with Gasteiger partial charge in [0.05, 0.1) is 19.0 Å². The molecule has 0 atom stereocenters. The number of fused-ring (bicyclic) bond motifs is 1. The molecule has 0 radical (unpaired) electrons. The molecule has 6 nitrogen and oxygen atoms in total. The largest absolute Gasteiger partial charge is 0.395 e. The van der Waals surface area contributed by atoms with Gasteiger partial charge in [-0.3, -0.25) is 0 Å². The summed E-state index contributed by atoms with van der Waals surface area (Å²) in [5.74, 6) is 0.473. The lowest BCUT2D eigenvalue weighted by atomic mass is 10.4. The first-order valence-corrected chi connectivity index (χ1v) is 4.17. The van der Waals surface area contributed by atoms with Gasteiger partial charge >= 0.3 is 0 Å². The molecule has 0 aliphatic heterocycles. The van der Waals surface area contributed by atoms with Crippen LogP contribution in [0.4, 0.5) is 5.95 Å². The Morgan fingerprint density at radius 3 is 3.00 bits per heavy atom. The zero-order valence-electron chi connectivity index (χ0n) is 7.38. The van der Waals surface area contributed by atoms with Crippen LogP contribution in [0, 0.1) is 0 Å². The Labute approximate surface area is 80.1 Å². The molecule has 0 saturated heterocycles. The van der Waals surface area contributed by atoms with Crippen molar-refractivity contribution in [3.63, 3.8) is 0 Å². The molecular formula is C8H9N5O. The van der Waals surface area contributed by atoms with E-state index in [1.165, 1.54) is 6.33 Å². The SMILES string of the molecule is OCCNc1ncc2ncncc2n1. The number of nitrogens with one attached hydrogen (secondary N) is 1. The fourth-order valence-electron chi connectivity index (χ4n) is 1.04. The standard InChI is InChI=1S/C8H9N5O/c14-2-1-10-8-11-4-6-7(13-8)3-9-5-12-6/h3-5,14H,1-2H2,(H,10,11,13).